The van der Waals surface area contributed by atoms with Crippen LogP contribution in [0.2, 0.25) is 0 Å². The van der Waals surface area contributed by atoms with Gasteiger partial charge in [0.25, 0.3) is 0 Å². The van der Waals surface area contributed by atoms with Gasteiger partial charge in [-0.1, -0.05) is 0 Å². The van der Waals surface area contributed by atoms with Gasteiger partial charge in [0, 0.05) is 6.61 Å². The van der Waals surface area contributed by atoms with Crippen LogP contribution < -0.4 is 0 Å². The summed E-state index contributed by atoms with van der Waals surface area (Å²) in [7, 11) is 0. The lowest BCUT2D eigenvalue weighted by Crippen LogP contribution is -2.39. The van der Waals surface area contributed by atoms with Crippen LogP contribution in [-0.4, -0.2) is 48.2 Å². The van der Waals surface area contributed by atoms with Crippen molar-refractivity contribution in [2.45, 2.75) is 45.1 Å². The molecule has 0 aliphatic carbocycles. The molecule has 0 radical (unpaired) electrons. The Morgan fingerprint density at radius 1 is 1.19 bits per heavy atom. The van der Waals surface area contributed by atoms with Gasteiger partial charge in [0.2, 0.25) is 0 Å². The molecule has 0 amide bonds. The van der Waals surface area contributed by atoms with E-state index in [0.717, 1.165) is 13.0 Å². The number of aliphatic hydroxyl groups excluding tert-OH is 1. The number of ether oxygens (including phenoxy) is 3. The Balaban J connectivity index is 0.000000323. The molecule has 5 nitrogen and oxygen atoms in total. The lowest BCUT2D eigenvalue weighted by atomic mass is 10.2. The SMILES string of the molecule is C=C.CC(O)O.CC1OC[C@H]2OCC[C@H]2O1. The highest BCUT2D eigenvalue weighted by molar-refractivity contribution is 4.79. The fourth-order valence-electron chi connectivity index (χ4n) is 1.46. The van der Waals surface area contributed by atoms with Gasteiger partial charge < -0.3 is 24.4 Å². The van der Waals surface area contributed by atoms with Gasteiger partial charge in [0.15, 0.2) is 6.29 Å². The van der Waals surface area contributed by atoms with Crippen molar-refractivity contribution in [3.8, 4) is 0 Å². The van der Waals surface area contributed by atoms with Crippen molar-refractivity contribution in [1.82, 2.24) is 0 Å². The molecule has 96 valence electrons. The Bertz CT molecular complexity index is 171. The molecular weight excluding hydrogens is 212 g/mol. The van der Waals surface area contributed by atoms with E-state index in [1.54, 1.807) is 0 Å². The second-order valence-electron chi connectivity index (χ2n) is 3.41. The number of rotatable bonds is 0. The van der Waals surface area contributed by atoms with E-state index < -0.39 is 6.29 Å². The molecule has 0 saturated carbocycles. The normalized spacial score (nSPS) is 31.9. The molecule has 2 N–H and O–H groups in total. The smallest absolute Gasteiger partial charge is 0.155 e. The van der Waals surface area contributed by atoms with E-state index in [0.29, 0.717) is 12.7 Å². The first-order chi connectivity index (χ1) is 7.59. The molecule has 2 heterocycles. The summed E-state index contributed by atoms with van der Waals surface area (Å²) < 4.78 is 16.1. The molecule has 0 aromatic rings. The molecule has 2 fully saturated rings. The minimum Gasteiger partial charge on any atom is -0.373 e. The van der Waals surface area contributed by atoms with Crippen LogP contribution in [-0.2, 0) is 14.2 Å². The third-order valence-corrected chi connectivity index (χ3v) is 2.01. The van der Waals surface area contributed by atoms with Crippen LogP contribution in [0.1, 0.15) is 20.3 Å². The summed E-state index contributed by atoms with van der Waals surface area (Å²) in [5.74, 6) is 0. The molecule has 0 bridgehead atoms. The summed E-state index contributed by atoms with van der Waals surface area (Å²) in [6, 6.07) is 0. The molecule has 0 aromatic heterocycles. The Labute approximate surface area is 96.6 Å². The molecule has 5 heteroatoms. The van der Waals surface area contributed by atoms with E-state index in [1.807, 2.05) is 6.92 Å². The largest absolute Gasteiger partial charge is 0.373 e. The van der Waals surface area contributed by atoms with Crippen molar-refractivity contribution in [3.05, 3.63) is 13.2 Å². The average molecular weight is 234 g/mol. The number of hydrogen-bond donors (Lipinski definition) is 2. The van der Waals surface area contributed by atoms with Crippen molar-refractivity contribution >= 4 is 0 Å². The van der Waals surface area contributed by atoms with E-state index in [2.05, 4.69) is 13.2 Å². The van der Waals surface area contributed by atoms with Gasteiger partial charge in [-0.3, -0.25) is 0 Å². The van der Waals surface area contributed by atoms with E-state index in [9.17, 15) is 0 Å². The molecule has 16 heavy (non-hydrogen) atoms. The minimum absolute atomic E-state index is 0.0389. The first kappa shape index (κ1) is 15.5. The highest BCUT2D eigenvalue weighted by atomic mass is 16.7. The molecule has 2 aliphatic rings. The molecule has 0 aromatic carbocycles. The molecule has 1 unspecified atom stereocenters. The van der Waals surface area contributed by atoms with Gasteiger partial charge in [0.1, 0.15) is 12.4 Å². The maximum absolute atomic E-state index is 7.61. The Hall–Kier alpha value is -0.460. The standard InChI is InChI=1S/C7H12O3.C2H6O2.C2H4/c1-5-9-4-7-6(10-5)2-3-8-7;1-2(3)4;1-2/h5-7H,2-4H2,1H3;2-4H,1H3;1-2H2/t5?,6-,7-;;/m1../s1. The van der Waals surface area contributed by atoms with Crippen molar-refractivity contribution < 1.29 is 24.4 Å². The van der Waals surface area contributed by atoms with Crippen LogP contribution in [0.5, 0.6) is 0 Å². The summed E-state index contributed by atoms with van der Waals surface area (Å²) in [5, 5.41) is 15.2. The number of hydrogen-bond acceptors (Lipinski definition) is 5. The highest BCUT2D eigenvalue weighted by Gasteiger charge is 2.34. The zero-order valence-corrected chi connectivity index (χ0v) is 9.96. The molecule has 0 spiro atoms. The van der Waals surface area contributed by atoms with Gasteiger partial charge in [-0.15, -0.1) is 13.2 Å². The average Bonchev–Trinajstić information content (AvgIpc) is 2.67. The van der Waals surface area contributed by atoms with Gasteiger partial charge in [0.05, 0.1) is 12.7 Å². The second kappa shape index (κ2) is 8.66. The van der Waals surface area contributed by atoms with Gasteiger partial charge in [-0.2, -0.15) is 0 Å². The zero-order valence-electron chi connectivity index (χ0n) is 9.96. The summed E-state index contributed by atoms with van der Waals surface area (Å²) in [5.41, 5.74) is 0. The van der Waals surface area contributed by atoms with Crippen LogP contribution in [0.15, 0.2) is 13.2 Å². The van der Waals surface area contributed by atoms with Crippen LogP contribution in [0.3, 0.4) is 0 Å². The topological polar surface area (TPSA) is 68.2 Å². The maximum Gasteiger partial charge on any atom is 0.155 e. The van der Waals surface area contributed by atoms with Crippen molar-refractivity contribution in [1.29, 1.82) is 0 Å². The summed E-state index contributed by atoms with van der Waals surface area (Å²) in [6.45, 7) is 10.7. The predicted octanol–water partition coefficient (Wildman–Crippen LogP) is 0.656. The zero-order chi connectivity index (χ0) is 12.6. The van der Waals surface area contributed by atoms with E-state index >= 15 is 0 Å². The lowest BCUT2D eigenvalue weighted by Gasteiger charge is -2.29. The molecular formula is C11H22O5. The molecule has 2 aliphatic heterocycles. The summed E-state index contributed by atoms with van der Waals surface area (Å²) in [6.07, 6.45) is 0.321. The highest BCUT2D eigenvalue weighted by Crippen LogP contribution is 2.23. The number of fused-ring (bicyclic) bond motifs is 1. The second-order valence-corrected chi connectivity index (χ2v) is 3.41. The summed E-state index contributed by atoms with van der Waals surface area (Å²) >= 11 is 0. The molecule has 2 saturated heterocycles. The van der Waals surface area contributed by atoms with E-state index in [1.165, 1.54) is 6.92 Å². The first-order valence-electron chi connectivity index (χ1n) is 5.34. The quantitative estimate of drug-likeness (QED) is 0.476. The predicted molar refractivity (Wildman–Crippen MR) is 59.8 cm³/mol. The van der Waals surface area contributed by atoms with Crippen LogP contribution in [0.25, 0.3) is 0 Å². The van der Waals surface area contributed by atoms with Crippen LogP contribution in [0.4, 0.5) is 0 Å². The Morgan fingerprint density at radius 2 is 1.75 bits per heavy atom. The third-order valence-electron chi connectivity index (χ3n) is 2.01. The minimum atomic E-state index is -1.17. The van der Waals surface area contributed by atoms with Gasteiger partial charge >= 0.3 is 0 Å². The van der Waals surface area contributed by atoms with Crippen molar-refractivity contribution in [3.63, 3.8) is 0 Å². The lowest BCUT2D eigenvalue weighted by molar-refractivity contribution is -0.229. The monoisotopic (exact) mass is 234 g/mol. The van der Waals surface area contributed by atoms with Gasteiger partial charge in [-0.05, 0) is 20.3 Å². The molecule has 3 atom stereocenters. The third kappa shape index (κ3) is 6.19. The summed E-state index contributed by atoms with van der Waals surface area (Å²) in [4.78, 5) is 0. The first-order valence-corrected chi connectivity index (χ1v) is 5.34. The fourth-order valence-corrected chi connectivity index (χ4v) is 1.46. The van der Waals surface area contributed by atoms with Gasteiger partial charge in [-0.25, -0.2) is 0 Å². The Morgan fingerprint density at radius 3 is 2.31 bits per heavy atom. The number of aliphatic hydroxyl groups is 2. The van der Waals surface area contributed by atoms with Crippen LogP contribution >= 0.6 is 0 Å². The maximum atomic E-state index is 7.61. The van der Waals surface area contributed by atoms with Crippen molar-refractivity contribution in [2.24, 2.45) is 0 Å². The van der Waals surface area contributed by atoms with E-state index in [-0.39, 0.29) is 12.4 Å². The van der Waals surface area contributed by atoms with Crippen LogP contribution in [0, 0.1) is 0 Å². The van der Waals surface area contributed by atoms with Crippen molar-refractivity contribution in [2.75, 3.05) is 13.2 Å². The molecule has 2 rings (SSSR count). The van der Waals surface area contributed by atoms with E-state index in [4.69, 9.17) is 24.4 Å². The fraction of sp³-hybridized carbons (Fsp3) is 0.818. The Kier molecular flexibility index (Phi) is 8.42.